The number of hydrogen-bond acceptors (Lipinski definition) is 0. The van der Waals surface area contributed by atoms with Crippen molar-refractivity contribution in [3.63, 3.8) is 0 Å². The van der Waals surface area contributed by atoms with Crippen molar-refractivity contribution in [3.8, 4) is 0 Å². The lowest BCUT2D eigenvalue weighted by Crippen LogP contribution is -2.15. The summed E-state index contributed by atoms with van der Waals surface area (Å²) in [7, 11) is 0. The quantitative estimate of drug-likeness (QED) is 0.356. The Kier molecular flexibility index (Phi) is 18.4. The minimum atomic E-state index is 0. The highest BCUT2D eigenvalue weighted by molar-refractivity contribution is 4.72. The summed E-state index contributed by atoms with van der Waals surface area (Å²) in [5.74, 6) is 0. The first-order valence-electron chi connectivity index (χ1n) is 7.18. The summed E-state index contributed by atoms with van der Waals surface area (Å²) in [5.41, 5.74) is 0.642. The smallest absolute Gasteiger partial charge is 0.0328 e. The Bertz CT molecular complexity index is 128. The Balaban J connectivity index is -0.000000980. The number of rotatable bonds is 10. The van der Waals surface area contributed by atoms with E-state index in [0.29, 0.717) is 5.41 Å². The fraction of sp³-hybridized carbons (Fsp3) is 1.00. The third-order valence-corrected chi connectivity index (χ3v) is 3.87. The first-order valence-corrected chi connectivity index (χ1v) is 7.18. The second-order valence-electron chi connectivity index (χ2n) is 5.43. The standard InChI is InChI=1S/C15H32.2CH4/c1-5-8-10-12-14-15(4,7-3)13-11-9-6-2;;/h5-14H2,1-4H3;2*1H4. The van der Waals surface area contributed by atoms with E-state index in [1.165, 1.54) is 64.2 Å². The lowest BCUT2D eigenvalue weighted by atomic mass is 9.78. The van der Waals surface area contributed by atoms with Crippen molar-refractivity contribution >= 4 is 0 Å². The van der Waals surface area contributed by atoms with Gasteiger partial charge in [-0.15, -0.1) is 0 Å². The summed E-state index contributed by atoms with van der Waals surface area (Å²) in [6.07, 6.45) is 14.2. The van der Waals surface area contributed by atoms with E-state index in [-0.39, 0.29) is 14.9 Å². The summed E-state index contributed by atoms with van der Waals surface area (Å²) in [5, 5.41) is 0. The third kappa shape index (κ3) is 12.2. The van der Waals surface area contributed by atoms with Gasteiger partial charge in [-0.2, -0.15) is 0 Å². The van der Waals surface area contributed by atoms with Crippen LogP contribution >= 0.6 is 0 Å². The zero-order valence-corrected chi connectivity index (χ0v) is 11.6. The molecule has 1 unspecified atom stereocenters. The third-order valence-electron chi connectivity index (χ3n) is 3.87. The minimum absolute atomic E-state index is 0. The van der Waals surface area contributed by atoms with Crippen molar-refractivity contribution in [1.29, 1.82) is 0 Å². The van der Waals surface area contributed by atoms with Crippen molar-refractivity contribution < 1.29 is 0 Å². The topological polar surface area (TPSA) is 0 Å². The van der Waals surface area contributed by atoms with Gasteiger partial charge in [-0.05, 0) is 18.3 Å². The predicted octanol–water partition coefficient (Wildman–Crippen LogP) is 7.23. The molecule has 0 spiro atoms. The van der Waals surface area contributed by atoms with Crippen molar-refractivity contribution in [1.82, 2.24) is 0 Å². The van der Waals surface area contributed by atoms with E-state index in [4.69, 9.17) is 0 Å². The lowest BCUT2D eigenvalue weighted by molar-refractivity contribution is 0.242. The van der Waals surface area contributed by atoms with Crippen molar-refractivity contribution in [2.75, 3.05) is 0 Å². The molecule has 0 nitrogen and oxygen atoms in total. The normalized spacial score (nSPS) is 13.4. The molecule has 0 saturated carbocycles. The van der Waals surface area contributed by atoms with Crippen LogP contribution in [0.2, 0.25) is 0 Å². The Morgan fingerprint density at radius 3 is 1.47 bits per heavy atom. The molecule has 108 valence electrons. The maximum absolute atomic E-state index is 2.49. The average molecular weight is 245 g/mol. The highest BCUT2D eigenvalue weighted by Crippen LogP contribution is 2.34. The summed E-state index contributed by atoms with van der Waals surface area (Å²) in [6, 6.07) is 0. The van der Waals surface area contributed by atoms with Gasteiger partial charge in [-0.3, -0.25) is 0 Å². The van der Waals surface area contributed by atoms with Gasteiger partial charge in [0.1, 0.15) is 0 Å². The molecule has 0 aromatic rings. The van der Waals surface area contributed by atoms with Crippen molar-refractivity contribution in [2.45, 2.75) is 107 Å². The maximum atomic E-state index is 2.49. The van der Waals surface area contributed by atoms with Crippen LogP contribution in [0.25, 0.3) is 0 Å². The van der Waals surface area contributed by atoms with Crippen LogP contribution in [-0.4, -0.2) is 0 Å². The highest BCUT2D eigenvalue weighted by Gasteiger charge is 2.20. The molecule has 0 rings (SSSR count). The summed E-state index contributed by atoms with van der Waals surface area (Å²) < 4.78 is 0. The van der Waals surface area contributed by atoms with Crippen LogP contribution < -0.4 is 0 Å². The molecule has 0 N–H and O–H groups in total. The molecule has 0 fully saturated rings. The molecule has 0 amide bonds. The zero-order valence-electron chi connectivity index (χ0n) is 11.6. The molecule has 0 aliphatic carbocycles. The van der Waals surface area contributed by atoms with Crippen LogP contribution in [0.1, 0.15) is 107 Å². The van der Waals surface area contributed by atoms with Crippen LogP contribution in [0.15, 0.2) is 0 Å². The van der Waals surface area contributed by atoms with Crippen LogP contribution in [0.4, 0.5) is 0 Å². The van der Waals surface area contributed by atoms with Gasteiger partial charge in [0.15, 0.2) is 0 Å². The maximum Gasteiger partial charge on any atom is -0.0328 e. The first-order chi connectivity index (χ1) is 7.18. The Labute approximate surface area is 113 Å². The van der Waals surface area contributed by atoms with Gasteiger partial charge < -0.3 is 0 Å². The minimum Gasteiger partial charge on any atom is -0.0776 e. The van der Waals surface area contributed by atoms with E-state index in [1.807, 2.05) is 0 Å². The monoisotopic (exact) mass is 244 g/mol. The molecule has 0 bridgehead atoms. The summed E-state index contributed by atoms with van der Waals surface area (Å²) in [4.78, 5) is 0. The predicted molar refractivity (Wildman–Crippen MR) is 84.8 cm³/mol. The van der Waals surface area contributed by atoms with E-state index in [9.17, 15) is 0 Å². The van der Waals surface area contributed by atoms with Gasteiger partial charge >= 0.3 is 0 Å². The van der Waals surface area contributed by atoms with E-state index < -0.39 is 0 Å². The molecule has 0 heterocycles. The van der Waals surface area contributed by atoms with Gasteiger partial charge in [-0.25, -0.2) is 0 Å². The van der Waals surface area contributed by atoms with E-state index in [0.717, 1.165) is 0 Å². The molecular weight excluding hydrogens is 204 g/mol. The first kappa shape index (κ1) is 22.2. The lowest BCUT2D eigenvalue weighted by Gasteiger charge is -2.28. The summed E-state index contributed by atoms with van der Waals surface area (Å²) >= 11 is 0. The molecule has 17 heavy (non-hydrogen) atoms. The van der Waals surface area contributed by atoms with Gasteiger partial charge in [-0.1, -0.05) is 93.9 Å². The van der Waals surface area contributed by atoms with E-state index >= 15 is 0 Å². The van der Waals surface area contributed by atoms with Gasteiger partial charge in [0.25, 0.3) is 0 Å². The molecule has 0 aromatic carbocycles. The Hall–Kier alpha value is 0. The highest BCUT2D eigenvalue weighted by atomic mass is 14.3. The van der Waals surface area contributed by atoms with Crippen LogP contribution in [0, 0.1) is 5.41 Å². The molecule has 1 atom stereocenters. The van der Waals surface area contributed by atoms with E-state index in [1.54, 1.807) is 0 Å². The van der Waals surface area contributed by atoms with Crippen LogP contribution in [-0.2, 0) is 0 Å². The van der Waals surface area contributed by atoms with E-state index in [2.05, 4.69) is 27.7 Å². The molecule has 0 radical (unpaired) electrons. The summed E-state index contributed by atoms with van der Waals surface area (Å²) in [6.45, 7) is 9.45. The molecule has 0 saturated heterocycles. The van der Waals surface area contributed by atoms with Gasteiger partial charge in [0.2, 0.25) is 0 Å². The number of hydrogen-bond donors (Lipinski definition) is 0. The SMILES string of the molecule is C.C.CCCCCCC(C)(CC)CCCCC. The molecule has 0 aliphatic rings. The largest absolute Gasteiger partial charge is 0.0776 e. The molecule has 0 heteroatoms. The fourth-order valence-corrected chi connectivity index (χ4v) is 2.26. The number of unbranched alkanes of at least 4 members (excludes halogenated alkanes) is 5. The molecule has 0 aromatic heterocycles. The van der Waals surface area contributed by atoms with Crippen LogP contribution in [0.3, 0.4) is 0 Å². The molecule has 0 aliphatic heterocycles. The Morgan fingerprint density at radius 2 is 1.06 bits per heavy atom. The average Bonchev–Trinajstić information content (AvgIpc) is 2.25. The Morgan fingerprint density at radius 1 is 0.647 bits per heavy atom. The van der Waals surface area contributed by atoms with Gasteiger partial charge in [0.05, 0.1) is 0 Å². The fourth-order valence-electron chi connectivity index (χ4n) is 2.26. The van der Waals surface area contributed by atoms with Crippen LogP contribution in [0.5, 0.6) is 0 Å². The second kappa shape index (κ2) is 14.1. The second-order valence-corrected chi connectivity index (χ2v) is 5.43. The zero-order chi connectivity index (χ0) is 11.6. The van der Waals surface area contributed by atoms with Crippen molar-refractivity contribution in [2.24, 2.45) is 5.41 Å². The van der Waals surface area contributed by atoms with Crippen molar-refractivity contribution in [3.05, 3.63) is 0 Å². The molecular formula is C17H40. The van der Waals surface area contributed by atoms with Gasteiger partial charge in [0, 0.05) is 0 Å².